The summed E-state index contributed by atoms with van der Waals surface area (Å²) in [6.07, 6.45) is 0. The van der Waals surface area contributed by atoms with Crippen LogP contribution in [0.15, 0.2) is 0 Å². The van der Waals surface area contributed by atoms with E-state index in [1.165, 1.54) is 0 Å². The first-order valence-electron chi connectivity index (χ1n) is 6.28. The van der Waals surface area contributed by atoms with Crippen molar-refractivity contribution in [2.45, 2.75) is 13.1 Å². The van der Waals surface area contributed by atoms with Crippen LogP contribution in [0.4, 0.5) is 17.6 Å². The van der Waals surface area contributed by atoms with Crippen molar-refractivity contribution in [3.8, 4) is 0 Å². The summed E-state index contributed by atoms with van der Waals surface area (Å²) in [7, 11) is 10.1. The van der Waals surface area contributed by atoms with E-state index < -0.39 is 34.4 Å². The Morgan fingerprint density at radius 1 is 0.550 bits per heavy atom. The zero-order chi connectivity index (χ0) is 15.9. The molecule has 114 valence electrons. The molecule has 0 saturated carbocycles. The van der Waals surface area contributed by atoms with Crippen LogP contribution < -0.4 is 0 Å². The summed E-state index contributed by atoms with van der Waals surface area (Å²) in [5.41, 5.74) is -1.09. The van der Waals surface area contributed by atoms with Gasteiger partial charge in [-0.25, -0.2) is 17.6 Å². The van der Waals surface area contributed by atoms with E-state index in [0.29, 0.717) is 0 Å². The molecule has 0 fully saturated rings. The van der Waals surface area contributed by atoms with E-state index in [1.807, 2.05) is 0 Å². The van der Waals surface area contributed by atoms with E-state index >= 15 is 0 Å². The third kappa shape index (κ3) is 3.93. The van der Waals surface area contributed by atoms with Crippen molar-refractivity contribution in [1.29, 1.82) is 0 Å². The normalized spacial score (nSPS) is 12.9. The van der Waals surface area contributed by atoms with Gasteiger partial charge in [0, 0.05) is 0 Å². The minimum Gasteiger partial charge on any atom is -0.327 e. The maximum absolute atomic E-state index is 14.0. The minimum absolute atomic E-state index is 0.129. The van der Waals surface area contributed by atoms with Gasteiger partial charge >= 0.3 is 0 Å². The molecule has 20 heavy (non-hydrogen) atoms. The number of nitrogens with zero attached hydrogens (tertiary/aromatic N) is 2. The monoisotopic (exact) mass is 294 g/mol. The minimum atomic E-state index is -1.29. The molecule has 0 radical (unpaired) electrons. The lowest BCUT2D eigenvalue weighted by atomic mass is 10.1. The second kappa shape index (κ2) is 5.33. The van der Waals surface area contributed by atoms with Gasteiger partial charge in [-0.05, 0) is 0 Å². The maximum atomic E-state index is 14.0. The Bertz CT molecular complexity index is 437. The second-order valence-corrected chi connectivity index (χ2v) is 7.11. The molecule has 0 spiro atoms. The van der Waals surface area contributed by atoms with Crippen LogP contribution >= 0.6 is 0 Å². The Hall–Kier alpha value is -1.14. The van der Waals surface area contributed by atoms with E-state index in [4.69, 9.17) is 0 Å². The highest BCUT2D eigenvalue weighted by Crippen LogP contribution is 2.27. The lowest BCUT2D eigenvalue weighted by Gasteiger charge is -2.27. The van der Waals surface area contributed by atoms with Crippen LogP contribution in [-0.4, -0.2) is 51.3 Å². The van der Waals surface area contributed by atoms with Gasteiger partial charge in [0.25, 0.3) is 0 Å². The predicted octanol–water partition coefficient (Wildman–Crippen LogP) is 2.66. The van der Waals surface area contributed by atoms with Gasteiger partial charge in [0.15, 0.2) is 23.3 Å². The number of hydrogen-bond donors (Lipinski definition) is 0. The van der Waals surface area contributed by atoms with Crippen LogP contribution in [0.2, 0.25) is 0 Å². The van der Waals surface area contributed by atoms with Gasteiger partial charge in [0.2, 0.25) is 0 Å². The molecular weight excluding hydrogens is 272 g/mol. The smallest absolute Gasteiger partial charge is 0.171 e. The summed E-state index contributed by atoms with van der Waals surface area (Å²) in [4.78, 5) is 0. The van der Waals surface area contributed by atoms with E-state index in [1.54, 1.807) is 42.3 Å². The first kappa shape index (κ1) is 16.9. The molecule has 0 bridgehead atoms. The van der Waals surface area contributed by atoms with Crippen LogP contribution in [0.25, 0.3) is 0 Å². The number of halogens is 4. The largest absolute Gasteiger partial charge is 0.327 e. The summed E-state index contributed by atoms with van der Waals surface area (Å²) >= 11 is 0. The third-order valence-electron chi connectivity index (χ3n) is 2.71. The Kier molecular flexibility index (Phi) is 4.51. The van der Waals surface area contributed by atoms with E-state index in [-0.39, 0.29) is 22.1 Å². The molecule has 0 atom stereocenters. The summed E-state index contributed by atoms with van der Waals surface area (Å²) in [6.45, 7) is -0.258. The first-order chi connectivity index (χ1) is 8.83. The fourth-order valence-electron chi connectivity index (χ4n) is 1.95. The van der Waals surface area contributed by atoms with Gasteiger partial charge in [-0.15, -0.1) is 0 Å². The molecule has 0 aromatic heterocycles. The number of hydrogen-bond acceptors (Lipinski definition) is 0. The van der Waals surface area contributed by atoms with Crippen molar-refractivity contribution < 1.29 is 26.5 Å². The summed E-state index contributed by atoms with van der Waals surface area (Å²) in [5.74, 6) is -5.17. The molecule has 0 saturated heterocycles. The number of benzene rings is 1. The van der Waals surface area contributed by atoms with Crippen LogP contribution in [0.5, 0.6) is 0 Å². The SMILES string of the molecule is C[N+](C)(C)Cc1c(F)c(F)c(C[N+](C)(C)C)c(F)c1F. The van der Waals surface area contributed by atoms with Gasteiger partial charge in [-0.1, -0.05) is 0 Å². The Labute approximate surface area is 117 Å². The van der Waals surface area contributed by atoms with Crippen molar-refractivity contribution in [3.63, 3.8) is 0 Å². The summed E-state index contributed by atoms with van der Waals surface area (Å²) in [6, 6.07) is 0. The summed E-state index contributed by atoms with van der Waals surface area (Å²) in [5, 5.41) is 0. The second-order valence-electron chi connectivity index (χ2n) is 7.11. The molecule has 0 aliphatic heterocycles. The van der Waals surface area contributed by atoms with E-state index in [0.717, 1.165) is 0 Å². The standard InChI is InChI=1S/C14H22F4N2/c1-19(2,3)7-9-11(15)13(17)10(8-20(4,5)6)14(18)12(9)16/h7-8H2,1-6H3/q+2. The Morgan fingerprint density at radius 2 is 0.750 bits per heavy atom. The number of quaternary nitrogens is 2. The van der Waals surface area contributed by atoms with Crippen LogP contribution in [-0.2, 0) is 13.1 Å². The quantitative estimate of drug-likeness (QED) is 0.455. The Balaban J connectivity index is 3.42. The van der Waals surface area contributed by atoms with Gasteiger partial charge in [0.1, 0.15) is 13.1 Å². The predicted molar refractivity (Wildman–Crippen MR) is 69.7 cm³/mol. The molecule has 1 rings (SSSR count). The molecule has 2 nitrogen and oxygen atoms in total. The van der Waals surface area contributed by atoms with Crippen molar-refractivity contribution in [2.24, 2.45) is 0 Å². The highest BCUT2D eigenvalue weighted by molar-refractivity contribution is 5.29. The lowest BCUT2D eigenvalue weighted by molar-refractivity contribution is -0.884. The molecule has 0 amide bonds. The van der Waals surface area contributed by atoms with E-state index in [9.17, 15) is 17.6 Å². The third-order valence-corrected chi connectivity index (χ3v) is 2.71. The lowest BCUT2D eigenvalue weighted by Crippen LogP contribution is -2.36. The summed E-state index contributed by atoms with van der Waals surface area (Å²) < 4.78 is 56.4. The van der Waals surface area contributed by atoms with Crippen molar-refractivity contribution in [3.05, 3.63) is 34.4 Å². The van der Waals surface area contributed by atoms with Crippen LogP contribution in [0, 0.1) is 23.3 Å². The topological polar surface area (TPSA) is 0 Å². The molecule has 1 aromatic rings. The average Bonchev–Trinajstić information content (AvgIpc) is 2.25. The first-order valence-corrected chi connectivity index (χ1v) is 6.28. The molecule has 0 aliphatic rings. The molecule has 0 aliphatic carbocycles. The Morgan fingerprint density at radius 3 is 0.900 bits per heavy atom. The average molecular weight is 294 g/mol. The molecular formula is C14H22F4N2+2. The maximum Gasteiger partial charge on any atom is 0.171 e. The highest BCUT2D eigenvalue weighted by atomic mass is 19.2. The zero-order valence-corrected chi connectivity index (χ0v) is 12.8. The van der Waals surface area contributed by atoms with E-state index in [2.05, 4.69) is 0 Å². The molecule has 0 N–H and O–H groups in total. The van der Waals surface area contributed by atoms with Crippen LogP contribution in [0.1, 0.15) is 11.1 Å². The van der Waals surface area contributed by atoms with Gasteiger partial charge in [-0.2, -0.15) is 0 Å². The fraction of sp³-hybridized carbons (Fsp3) is 0.571. The molecule has 1 aromatic carbocycles. The van der Waals surface area contributed by atoms with Crippen LogP contribution in [0.3, 0.4) is 0 Å². The molecule has 6 heteroatoms. The number of rotatable bonds is 4. The molecule has 0 heterocycles. The van der Waals surface area contributed by atoms with Gasteiger partial charge < -0.3 is 8.97 Å². The van der Waals surface area contributed by atoms with Gasteiger partial charge in [-0.3, -0.25) is 0 Å². The van der Waals surface area contributed by atoms with Crippen molar-refractivity contribution in [1.82, 2.24) is 0 Å². The van der Waals surface area contributed by atoms with Crippen molar-refractivity contribution >= 4 is 0 Å². The highest BCUT2D eigenvalue weighted by Gasteiger charge is 2.30. The van der Waals surface area contributed by atoms with Gasteiger partial charge in [0.05, 0.1) is 53.4 Å². The molecule has 0 unspecified atom stereocenters. The zero-order valence-electron chi connectivity index (χ0n) is 12.8. The fourth-order valence-corrected chi connectivity index (χ4v) is 1.95. The van der Waals surface area contributed by atoms with Crippen molar-refractivity contribution in [2.75, 3.05) is 42.3 Å².